The van der Waals surface area contributed by atoms with Crippen molar-refractivity contribution in [3.05, 3.63) is 34.4 Å². The number of imidazole rings is 2. The fraction of sp³-hybridized carbons (Fsp3) is 0.400. The second kappa shape index (κ2) is 11.2. The lowest BCUT2D eigenvalue weighted by molar-refractivity contribution is -0.0491. The van der Waals surface area contributed by atoms with Crippen LogP contribution in [0.2, 0.25) is 0 Å². The molecule has 1 aliphatic rings. The lowest BCUT2D eigenvalue weighted by atomic mass is 10.2. The molecule has 0 aliphatic carbocycles. The molecule has 3 unspecified atom stereocenters. The summed E-state index contributed by atoms with van der Waals surface area (Å²) in [6.45, 7) is -1.05. The van der Waals surface area contributed by atoms with Crippen molar-refractivity contribution < 1.29 is 60.7 Å². The molecule has 220 valence electrons. The van der Waals surface area contributed by atoms with Gasteiger partial charge in [0.05, 0.1) is 25.0 Å². The number of ether oxygens (including phenoxy) is 2. The van der Waals surface area contributed by atoms with E-state index in [0.29, 0.717) is 0 Å². The van der Waals surface area contributed by atoms with E-state index < -0.39 is 60.0 Å². The number of rotatable bonds is 11. The highest BCUT2D eigenvalue weighted by Gasteiger charge is 2.44. The van der Waals surface area contributed by atoms with Crippen LogP contribution in [0.4, 0.5) is 5.95 Å². The Morgan fingerprint density at radius 1 is 1.18 bits per heavy atom. The molecule has 1 aliphatic heterocycles. The van der Waals surface area contributed by atoms with Gasteiger partial charge in [0.1, 0.15) is 24.1 Å². The number of esters is 1. The number of anilines is 1. The van der Waals surface area contributed by atoms with Gasteiger partial charge >= 0.3 is 29.4 Å². The van der Waals surface area contributed by atoms with E-state index in [2.05, 4.69) is 38.1 Å². The first-order chi connectivity index (χ1) is 18.6. The molecule has 0 aromatic carbocycles. The molecule has 0 spiro atoms. The summed E-state index contributed by atoms with van der Waals surface area (Å²) >= 11 is 0. The van der Waals surface area contributed by atoms with Crippen molar-refractivity contribution in [2.45, 2.75) is 31.4 Å². The molecular weight excluding hydrogens is 609 g/mol. The number of hydrogen-bond donors (Lipinski definition) is 8. The van der Waals surface area contributed by atoms with Crippen molar-refractivity contribution in [3.8, 4) is 0 Å². The normalized spacial score (nSPS) is 22.7. The average Bonchev–Trinajstić information content (AvgIpc) is 3.53. The number of nitrogens with zero attached hydrogens (tertiary/aromatic N) is 4. The molecule has 4 rings (SSSR count). The number of nitrogen functional groups attached to an aromatic ring is 1. The molecule has 1 saturated heterocycles. The first kappa shape index (κ1) is 30.1. The van der Waals surface area contributed by atoms with Crippen molar-refractivity contribution in [2.75, 3.05) is 12.3 Å². The Balaban J connectivity index is 1.56. The van der Waals surface area contributed by atoms with E-state index in [1.165, 1.54) is 17.2 Å². The molecule has 3 aromatic heterocycles. The van der Waals surface area contributed by atoms with Gasteiger partial charge < -0.3 is 45.5 Å². The fourth-order valence-electron chi connectivity index (χ4n) is 3.62. The maximum absolute atomic E-state index is 12.8. The van der Waals surface area contributed by atoms with E-state index in [-0.39, 0.29) is 41.5 Å². The van der Waals surface area contributed by atoms with Gasteiger partial charge in [-0.15, -0.1) is 0 Å². The predicted molar refractivity (Wildman–Crippen MR) is 127 cm³/mol. The van der Waals surface area contributed by atoms with Gasteiger partial charge in [-0.3, -0.25) is 18.9 Å². The van der Waals surface area contributed by atoms with E-state index in [1.54, 1.807) is 0 Å². The summed E-state index contributed by atoms with van der Waals surface area (Å²) in [6, 6.07) is 0. The molecule has 22 nitrogen and oxygen atoms in total. The molecule has 0 radical (unpaired) electrons. The zero-order chi connectivity index (χ0) is 29.5. The van der Waals surface area contributed by atoms with E-state index in [4.69, 9.17) is 30.7 Å². The number of fused-ring (bicyclic) bond motifs is 1. The monoisotopic (exact) mass is 630 g/mol. The van der Waals surface area contributed by atoms with E-state index in [0.717, 1.165) is 0 Å². The van der Waals surface area contributed by atoms with Crippen LogP contribution in [0.1, 0.15) is 28.8 Å². The number of phosphoric ester groups is 1. The third-order valence-electron chi connectivity index (χ3n) is 5.13. The summed E-state index contributed by atoms with van der Waals surface area (Å²) in [6.07, 6.45) is -1.47. The van der Waals surface area contributed by atoms with E-state index in [1.807, 2.05) is 0 Å². The maximum atomic E-state index is 12.8. The number of H-pyrrole nitrogens is 2. The van der Waals surface area contributed by atoms with Gasteiger partial charge in [-0.2, -0.15) is 13.6 Å². The topological polar surface area (TPSA) is 340 Å². The SMILES string of the molecule is NCc1nc[nH]c1C(=O)O[C@@H]1C[C@H](n2cnc3c(=O)[nH]c(N)nc32)OC1COP(=O)(O)OP(=O)(O)OP(=O)(O)O. The standard InChI is InChI=1S/C15H21N8O14P3/c16-2-6-10(19-4-18-6)14(25)35-7-1-9(23-5-20-11-12(23)21-15(17)22-13(11)24)34-8(7)3-33-39(29,30)37-40(31,32)36-38(26,27)28/h4-5,7-9H,1-3,16H2,(H,18,19)(H,29,30)(H,31,32)(H2,26,27,28)(H3,17,21,22,24)/t7-,8?,9-/m1/s1. The van der Waals surface area contributed by atoms with E-state index >= 15 is 0 Å². The van der Waals surface area contributed by atoms with Crippen LogP contribution in [-0.2, 0) is 42.9 Å². The first-order valence-corrected chi connectivity index (χ1v) is 15.2. The Bertz CT molecular complexity index is 1610. The third kappa shape index (κ3) is 7.07. The lowest BCUT2D eigenvalue weighted by Crippen LogP contribution is -2.31. The number of phosphoric acid groups is 3. The van der Waals surface area contributed by atoms with Crippen LogP contribution in [0.25, 0.3) is 11.2 Å². The molecule has 1 fully saturated rings. The molecule has 10 N–H and O–H groups in total. The van der Waals surface area contributed by atoms with Crippen LogP contribution in [0.15, 0.2) is 17.4 Å². The summed E-state index contributed by atoms with van der Waals surface area (Å²) in [5, 5.41) is 0. The summed E-state index contributed by atoms with van der Waals surface area (Å²) in [5.74, 6) is -1.18. The highest BCUT2D eigenvalue weighted by molar-refractivity contribution is 7.66. The lowest BCUT2D eigenvalue weighted by Gasteiger charge is -2.21. The zero-order valence-corrected chi connectivity index (χ0v) is 22.3. The largest absolute Gasteiger partial charge is 0.490 e. The number of nitrogens with two attached hydrogens (primary N) is 2. The van der Waals surface area contributed by atoms with Gasteiger partial charge in [0.15, 0.2) is 11.2 Å². The number of carbonyl (C=O) groups is 1. The predicted octanol–water partition coefficient (Wildman–Crippen LogP) is -1.26. The van der Waals surface area contributed by atoms with Crippen LogP contribution < -0.4 is 17.0 Å². The Morgan fingerprint density at radius 3 is 2.58 bits per heavy atom. The Kier molecular flexibility index (Phi) is 8.44. The molecule has 0 bridgehead atoms. The number of nitrogens with one attached hydrogen (secondary N) is 2. The van der Waals surface area contributed by atoms with Crippen LogP contribution >= 0.6 is 23.5 Å². The van der Waals surface area contributed by atoms with Crippen molar-refractivity contribution in [2.24, 2.45) is 5.73 Å². The Hall–Kier alpha value is -2.84. The molecule has 25 heteroatoms. The summed E-state index contributed by atoms with van der Waals surface area (Å²) < 4.78 is 59.2. The second-order valence-electron chi connectivity index (χ2n) is 7.90. The smallest absolute Gasteiger partial charge is 0.455 e. The average molecular weight is 630 g/mol. The quantitative estimate of drug-likeness (QED) is 0.0904. The van der Waals surface area contributed by atoms with Gasteiger partial charge in [-0.05, 0) is 0 Å². The minimum absolute atomic E-state index is 0.0103. The highest BCUT2D eigenvalue weighted by Crippen LogP contribution is 2.66. The Morgan fingerprint density at radius 2 is 1.90 bits per heavy atom. The zero-order valence-electron chi connectivity index (χ0n) is 19.7. The van der Waals surface area contributed by atoms with E-state index in [9.17, 15) is 33.1 Å². The maximum Gasteiger partial charge on any atom is 0.490 e. The van der Waals surface area contributed by atoms with Crippen LogP contribution in [0.5, 0.6) is 0 Å². The summed E-state index contributed by atoms with van der Waals surface area (Å²) in [7, 11) is -16.9. The number of carbonyl (C=O) groups excluding carboxylic acids is 1. The van der Waals surface area contributed by atoms with Gasteiger partial charge in [0, 0.05) is 13.0 Å². The Labute approximate surface area is 221 Å². The van der Waals surface area contributed by atoms with Crippen LogP contribution in [0.3, 0.4) is 0 Å². The van der Waals surface area contributed by atoms with Crippen molar-refractivity contribution in [3.63, 3.8) is 0 Å². The summed E-state index contributed by atoms with van der Waals surface area (Å²) in [5.41, 5.74) is 10.5. The van der Waals surface area contributed by atoms with Crippen molar-refractivity contribution >= 4 is 46.5 Å². The van der Waals surface area contributed by atoms with Crippen molar-refractivity contribution in [1.29, 1.82) is 0 Å². The van der Waals surface area contributed by atoms with Gasteiger partial charge in [0.25, 0.3) is 5.56 Å². The minimum Gasteiger partial charge on any atom is -0.455 e. The highest BCUT2D eigenvalue weighted by atomic mass is 31.3. The third-order valence-corrected chi connectivity index (χ3v) is 8.94. The number of hydrogen-bond acceptors (Lipinski definition) is 15. The molecule has 0 amide bonds. The molecule has 4 heterocycles. The minimum atomic E-state index is -5.78. The molecule has 3 aromatic rings. The van der Waals surface area contributed by atoms with Crippen LogP contribution in [0, 0.1) is 0 Å². The number of aromatic amines is 2. The summed E-state index contributed by atoms with van der Waals surface area (Å²) in [4.78, 5) is 78.1. The molecule has 40 heavy (non-hydrogen) atoms. The fourth-order valence-corrected chi connectivity index (χ4v) is 6.65. The second-order valence-corrected chi connectivity index (χ2v) is 12.3. The van der Waals surface area contributed by atoms with Gasteiger partial charge in [-0.1, -0.05) is 0 Å². The number of aromatic nitrogens is 6. The first-order valence-electron chi connectivity index (χ1n) is 10.7. The van der Waals surface area contributed by atoms with Gasteiger partial charge in [-0.25, -0.2) is 28.5 Å². The molecule has 5 atom stereocenters. The molecule has 0 saturated carbocycles. The molecular formula is C15H21N8O14P3. The van der Waals surface area contributed by atoms with Crippen LogP contribution in [-0.4, -0.2) is 73.8 Å². The van der Waals surface area contributed by atoms with Gasteiger partial charge in [0.2, 0.25) is 5.95 Å². The van der Waals surface area contributed by atoms with Crippen molar-refractivity contribution in [1.82, 2.24) is 29.5 Å².